The van der Waals surface area contributed by atoms with E-state index >= 15 is 0 Å². The van der Waals surface area contributed by atoms with Crippen LogP contribution in [0.4, 0.5) is 10.5 Å². The van der Waals surface area contributed by atoms with Gasteiger partial charge >= 0.3 is 6.03 Å². The number of nitrogens with one attached hydrogen (secondary N) is 1. The van der Waals surface area contributed by atoms with E-state index in [1.165, 1.54) is 23.7 Å². The van der Waals surface area contributed by atoms with Gasteiger partial charge in [-0.2, -0.15) is 9.44 Å². The van der Waals surface area contributed by atoms with E-state index in [9.17, 15) is 4.79 Å². The Hall–Kier alpha value is -3.01. The van der Waals surface area contributed by atoms with E-state index in [4.69, 9.17) is 19.0 Å². The Morgan fingerprint density at radius 1 is 1.06 bits per heavy atom. The molecule has 1 N–H and O–H groups in total. The highest BCUT2D eigenvalue weighted by molar-refractivity contribution is 7.10. The van der Waals surface area contributed by atoms with Crippen LogP contribution in [0.1, 0.15) is 20.3 Å². The predicted octanol–water partition coefficient (Wildman–Crippen LogP) is 6.05. The monoisotopic (exact) mass is 521 g/mol. The molecule has 0 fully saturated rings. The molecule has 0 aliphatic rings. The summed E-state index contributed by atoms with van der Waals surface area (Å²) < 4.78 is 20.9. The summed E-state index contributed by atoms with van der Waals surface area (Å²) >= 11 is 1.36. The molecule has 2 amide bonds. The topological polar surface area (TPSA) is 82.2 Å². The van der Waals surface area contributed by atoms with Crippen LogP contribution in [0.3, 0.4) is 0 Å². The number of ether oxygens (including phenoxy) is 3. The van der Waals surface area contributed by atoms with Gasteiger partial charge in [-0.1, -0.05) is 32.4 Å². The van der Waals surface area contributed by atoms with Gasteiger partial charge in [0.05, 0.1) is 39.0 Å². The van der Waals surface area contributed by atoms with Crippen LogP contribution in [-0.2, 0) is 4.84 Å². The summed E-state index contributed by atoms with van der Waals surface area (Å²) in [6.07, 6.45) is 2.79. The molecular formula is C25H32ClN3O5S. The zero-order valence-corrected chi connectivity index (χ0v) is 22.4. The first-order valence-corrected chi connectivity index (χ1v) is 11.7. The molecule has 8 nitrogen and oxygen atoms in total. The van der Waals surface area contributed by atoms with Gasteiger partial charge in [-0.3, -0.25) is 4.84 Å². The molecule has 0 spiro atoms. The van der Waals surface area contributed by atoms with E-state index in [1.807, 2.05) is 42.6 Å². The van der Waals surface area contributed by atoms with Gasteiger partial charge in [0.2, 0.25) is 5.75 Å². The maximum atomic E-state index is 12.7. The third-order valence-corrected chi connectivity index (χ3v) is 6.40. The smallest absolute Gasteiger partial charge is 0.346 e. The van der Waals surface area contributed by atoms with Crippen LogP contribution >= 0.6 is 23.9 Å². The van der Waals surface area contributed by atoms with E-state index in [0.29, 0.717) is 35.4 Å². The van der Waals surface area contributed by atoms with Gasteiger partial charge in [0.25, 0.3) is 0 Å². The first-order chi connectivity index (χ1) is 16.5. The standard InChI is InChI=1S/C25H31N3O5S.ClH/c1-7-16(2)14-26-25(29)28(33-6)19-10-8-9-17(11-19)20-15-27-34-24(20)18-12-21(30-3)23(32-5)22(13-18)31-4;/h8-13,15-16H,7,14H2,1-6H3,(H,26,29);1H. The van der Waals surface area contributed by atoms with Crippen LogP contribution in [-0.4, -0.2) is 45.4 Å². The van der Waals surface area contributed by atoms with Gasteiger partial charge in [-0.15, -0.1) is 12.4 Å². The molecular weight excluding hydrogens is 490 g/mol. The number of anilines is 1. The number of aromatic nitrogens is 1. The lowest BCUT2D eigenvalue weighted by molar-refractivity contribution is 0.162. The van der Waals surface area contributed by atoms with Crippen molar-refractivity contribution in [3.8, 4) is 38.8 Å². The number of amides is 2. The number of hydrogen-bond acceptors (Lipinski definition) is 7. The third-order valence-electron chi connectivity index (χ3n) is 5.55. The maximum absolute atomic E-state index is 12.7. The van der Waals surface area contributed by atoms with Crippen molar-refractivity contribution < 1.29 is 23.8 Å². The lowest BCUT2D eigenvalue weighted by Gasteiger charge is -2.22. The summed E-state index contributed by atoms with van der Waals surface area (Å²) in [7, 11) is 6.22. The molecule has 0 radical (unpaired) electrons. The molecule has 3 aromatic rings. The summed E-state index contributed by atoms with van der Waals surface area (Å²) in [5, 5.41) is 4.18. The maximum Gasteiger partial charge on any atom is 0.346 e. The molecule has 1 unspecified atom stereocenters. The van der Waals surface area contributed by atoms with E-state index in [0.717, 1.165) is 28.0 Å². The highest BCUT2D eigenvalue weighted by Crippen LogP contribution is 2.44. The second-order valence-electron chi connectivity index (χ2n) is 7.71. The zero-order valence-electron chi connectivity index (χ0n) is 20.8. The van der Waals surface area contributed by atoms with Crippen molar-refractivity contribution in [3.63, 3.8) is 0 Å². The lowest BCUT2D eigenvalue weighted by atomic mass is 10.0. The number of hydroxylamine groups is 1. The first kappa shape index (κ1) is 28.2. The second-order valence-corrected chi connectivity index (χ2v) is 8.51. The van der Waals surface area contributed by atoms with Crippen molar-refractivity contribution in [2.75, 3.05) is 40.0 Å². The predicted molar refractivity (Wildman–Crippen MR) is 142 cm³/mol. The Morgan fingerprint density at radius 3 is 2.31 bits per heavy atom. The molecule has 190 valence electrons. The summed E-state index contributed by atoms with van der Waals surface area (Å²) in [6, 6.07) is 11.1. The molecule has 35 heavy (non-hydrogen) atoms. The number of benzene rings is 2. The molecule has 0 aliphatic carbocycles. The van der Waals surface area contributed by atoms with Crippen molar-refractivity contribution in [3.05, 3.63) is 42.6 Å². The van der Waals surface area contributed by atoms with Crippen molar-refractivity contribution in [2.45, 2.75) is 20.3 Å². The highest BCUT2D eigenvalue weighted by Gasteiger charge is 2.20. The third kappa shape index (κ3) is 6.36. The summed E-state index contributed by atoms with van der Waals surface area (Å²) in [5.41, 5.74) is 3.31. The number of carbonyl (C=O) groups excluding carboxylic acids is 1. The quantitative estimate of drug-likeness (QED) is 0.327. The number of rotatable bonds is 10. The highest BCUT2D eigenvalue weighted by atomic mass is 35.5. The average molecular weight is 522 g/mol. The molecule has 0 bridgehead atoms. The number of methoxy groups -OCH3 is 3. The van der Waals surface area contributed by atoms with Gasteiger partial charge in [0, 0.05) is 23.9 Å². The van der Waals surface area contributed by atoms with Crippen LogP contribution in [0, 0.1) is 5.92 Å². The van der Waals surface area contributed by atoms with Gasteiger partial charge in [0.1, 0.15) is 0 Å². The Balaban J connectivity index is 0.00000432. The molecule has 0 saturated carbocycles. The van der Waals surface area contributed by atoms with Crippen molar-refractivity contribution in [1.82, 2.24) is 9.69 Å². The minimum absolute atomic E-state index is 0. The number of urea groups is 1. The van der Waals surface area contributed by atoms with E-state index in [2.05, 4.69) is 23.5 Å². The number of hydrogen-bond donors (Lipinski definition) is 1. The second kappa shape index (κ2) is 13.2. The fraction of sp³-hybridized carbons (Fsp3) is 0.360. The fourth-order valence-electron chi connectivity index (χ4n) is 3.45. The molecule has 2 aromatic carbocycles. The molecule has 3 rings (SSSR count). The minimum atomic E-state index is -0.312. The summed E-state index contributed by atoms with van der Waals surface area (Å²) in [6.45, 7) is 4.76. The largest absolute Gasteiger partial charge is 0.493 e. The van der Waals surface area contributed by atoms with Crippen LogP contribution in [0.5, 0.6) is 17.2 Å². The van der Waals surface area contributed by atoms with Crippen molar-refractivity contribution >= 4 is 35.7 Å². The summed E-state index contributed by atoms with van der Waals surface area (Å²) in [5.74, 6) is 2.04. The average Bonchev–Trinajstić information content (AvgIpc) is 3.37. The molecule has 10 heteroatoms. The molecule has 1 atom stereocenters. The van der Waals surface area contributed by atoms with Crippen LogP contribution in [0.15, 0.2) is 42.6 Å². The van der Waals surface area contributed by atoms with Crippen molar-refractivity contribution in [2.24, 2.45) is 5.92 Å². The Labute approximate surface area is 216 Å². The van der Waals surface area contributed by atoms with E-state index < -0.39 is 0 Å². The van der Waals surface area contributed by atoms with Gasteiger partial charge in [-0.25, -0.2) is 4.79 Å². The van der Waals surface area contributed by atoms with Crippen LogP contribution in [0.25, 0.3) is 21.6 Å². The Kier molecular flexibility index (Phi) is 10.6. The van der Waals surface area contributed by atoms with E-state index in [1.54, 1.807) is 21.3 Å². The Morgan fingerprint density at radius 2 is 1.74 bits per heavy atom. The number of nitrogens with zero attached hydrogens (tertiary/aromatic N) is 2. The first-order valence-electron chi connectivity index (χ1n) is 10.9. The van der Waals surface area contributed by atoms with Gasteiger partial charge in [0.15, 0.2) is 11.5 Å². The van der Waals surface area contributed by atoms with Crippen LogP contribution < -0.4 is 24.6 Å². The SMILES string of the molecule is CCC(C)CNC(=O)N(OC)c1cccc(-c2cnsc2-c2cc(OC)c(OC)c(OC)c2)c1.Cl. The number of carbonyl (C=O) groups is 1. The number of halogens is 1. The van der Waals surface area contributed by atoms with Crippen molar-refractivity contribution in [1.29, 1.82) is 0 Å². The lowest BCUT2D eigenvalue weighted by Crippen LogP contribution is -2.41. The molecule has 1 aromatic heterocycles. The van der Waals surface area contributed by atoms with Crippen LogP contribution in [0.2, 0.25) is 0 Å². The van der Waals surface area contributed by atoms with E-state index in [-0.39, 0.29) is 18.4 Å². The fourth-order valence-corrected chi connectivity index (χ4v) is 4.20. The zero-order chi connectivity index (χ0) is 24.7. The molecule has 0 saturated heterocycles. The molecule has 0 aliphatic heterocycles. The molecule has 1 heterocycles. The normalized spacial score (nSPS) is 11.3. The Bertz CT molecular complexity index is 1100. The van der Waals surface area contributed by atoms with Gasteiger partial charge < -0.3 is 19.5 Å². The van der Waals surface area contributed by atoms with Gasteiger partial charge in [-0.05, 0) is 47.3 Å². The summed E-state index contributed by atoms with van der Waals surface area (Å²) in [4.78, 5) is 19.1. The minimum Gasteiger partial charge on any atom is -0.493 e.